The van der Waals surface area contributed by atoms with Gasteiger partial charge in [-0.1, -0.05) is 0 Å². The van der Waals surface area contributed by atoms with Crippen LogP contribution in [0.1, 0.15) is 6.42 Å². The van der Waals surface area contributed by atoms with Crippen LogP contribution in [-0.2, 0) is 14.3 Å². The lowest BCUT2D eigenvalue weighted by molar-refractivity contribution is -0.187. The third-order valence-electron chi connectivity index (χ3n) is 2.20. The van der Waals surface area contributed by atoms with Gasteiger partial charge in [-0.05, 0) is 0 Å². The molecular weight excluding hydrogens is 232 g/mol. The van der Waals surface area contributed by atoms with E-state index in [1.54, 1.807) is 0 Å². The molecule has 1 heterocycles. The van der Waals surface area contributed by atoms with Crippen molar-refractivity contribution < 1.29 is 29.6 Å². The van der Waals surface area contributed by atoms with Gasteiger partial charge in [0, 0.05) is 13.5 Å². The Hall–Kier alpha value is -0.770. The summed E-state index contributed by atoms with van der Waals surface area (Å²) in [6.07, 6.45) is -1.82. The number of carbonyl (C=O) groups is 1. The van der Waals surface area contributed by atoms with Gasteiger partial charge in [-0.3, -0.25) is 4.79 Å². The maximum absolute atomic E-state index is 9.44. The molecule has 7 N–H and O–H groups in total. The molecule has 1 aliphatic heterocycles. The standard InChI is InChI=1S/C7H15NO4.C2H5NO2/c1-11-7-4(10)2-6(8)12-5(7)3-9;3-1-2(4)5/h4-7,9-10H,2-3,8H2,1H3;1,3H2,(H,4,5). The fraction of sp³-hybridized carbons (Fsp3) is 0.889. The molecule has 1 rings (SSSR count). The number of rotatable bonds is 3. The summed E-state index contributed by atoms with van der Waals surface area (Å²) in [5, 5.41) is 25.9. The van der Waals surface area contributed by atoms with Crippen LogP contribution in [0, 0.1) is 0 Å². The highest BCUT2D eigenvalue weighted by molar-refractivity contribution is 5.68. The number of methoxy groups -OCH3 is 1. The molecular formula is C9H20N2O6. The fourth-order valence-electron chi connectivity index (χ4n) is 1.43. The quantitative estimate of drug-likeness (QED) is 0.369. The van der Waals surface area contributed by atoms with E-state index in [2.05, 4.69) is 5.73 Å². The molecule has 0 radical (unpaired) electrons. The molecule has 0 aromatic heterocycles. The summed E-state index contributed by atoms with van der Waals surface area (Å²) in [5.41, 5.74) is 10.0. The van der Waals surface area contributed by atoms with E-state index in [-0.39, 0.29) is 13.2 Å². The lowest BCUT2D eigenvalue weighted by Crippen LogP contribution is -2.53. The van der Waals surface area contributed by atoms with Gasteiger partial charge >= 0.3 is 5.97 Å². The van der Waals surface area contributed by atoms with E-state index in [9.17, 15) is 9.90 Å². The number of aliphatic hydroxyl groups excluding tert-OH is 2. The second-order valence-electron chi connectivity index (χ2n) is 3.50. The number of ether oxygens (including phenoxy) is 2. The van der Waals surface area contributed by atoms with Crippen LogP contribution in [0.4, 0.5) is 0 Å². The van der Waals surface area contributed by atoms with Crippen molar-refractivity contribution >= 4 is 5.97 Å². The molecule has 0 bridgehead atoms. The second kappa shape index (κ2) is 8.34. The molecule has 4 atom stereocenters. The summed E-state index contributed by atoms with van der Waals surface area (Å²) in [4.78, 5) is 9.24. The van der Waals surface area contributed by atoms with Gasteiger partial charge in [0.15, 0.2) is 0 Å². The van der Waals surface area contributed by atoms with Crippen molar-refractivity contribution in [2.75, 3.05) is 20.3 Å². The average Bonchev–Trinajstić information content (AvgIpc) is 2.28. The number of nitrogens with two attached hydrogens (primary N) is 2. The molecule has 4 unspecified atom stereocenters. The van der Waals surface area contributed by atoms with Crippen molar-refractivity contribution in [3.8, 4) is 0 Å². The molecule has 17 heavy (non-hydrogen) atoms. The molecule has 0 saturated carbocycles. The van der Waals surface area contributed by atoms with Gasteiger partial charge in [-0.2, -0.15) is 0 Å². The number of hydrogen-bond acceptors (Lipinski definition) is 7. The lowest BCUT2D eigenvalue weighted by atomic mass is 10.0. The first-order valence-corrected chi connectivity index (χ1v) is 5.10. The Balaban J connectivity index is 0.000000437. The van der Waals surface area contributed by atoms with E-state index in [4.69, 9.17) is 25.4 Å². The number of hydrogen-bond donors (Lipinski definition) is 5. The molecule has 0 spiro atoms. The van der Waals surface area contributed by atoms with Crippen LogP contribution in [-0.4, -0.2) is 66.1 Å². The highest BCUT2D eigenvalue weighted by Gasteiger charge is 2.36. The monoisotopic (exact) mass is 252 g/mol. The summed E-state index contributed by atoms with van der Waals surface area (Å²) >= 11 is 0. The van der Waals surface area contributed by atoms with Gasteiger partial charge in [0.05, 0.1) is 19.3 Å². The Morgan fingerprint density at radius 2 is 2.12 bits per heavy atom. The van der Waals surface area contributed by atoms with E-state index in [1.165, 1.54) is 7.11 Å². The van der Waals surface area contributed by atoms with E-state index in [0.29, 0.717) is 6.42 Å². The number of aliphatic hydroxyl groups is 2. The normalized spacial score (nSPS) is 32.5. The summed E-state index contributed by atoms with van der Waals surface area (Å²) in [6, 6.07) is 0. The predicted molar refractivity (Wildman–Crippen MR) is 58.0 cm³/mol. The molecule has 1 fully saturated rings. The first-order chi connectivity index (χ1) is 7.96. The Morgan fingerprint density at radius 1 is 1.59 bits per heavy atom. The van der Waals surface area contributed by atoms with Gasteiger partial charge in [-0.25, -0.2) is 0 Å². The van der Waals surface area contributed by atoms with Gasteiger partial charge in [0.2, 0.25) is 0 Å². The minimum Gasteiger partial charge on any atom is -0.480 e. The summed E-state index contributed by atoms with van der Waals surface area (Å²) in [5.74, 6) is -0.968. The van der Waals surface area contributed by atoms with Crippen LogP contribution in [0.3, 0.4) is 0 Å². The van der Waals surface area contributed by atoms with Gasteiger partial charge in [-0.15, -0.1) is 0 Å². The van der Waals surface area contributed by atoms with Gasteiger partial charge < -0.3 is 36.3 Å². The minimum atomic E-state index is -0.968. The number of aliphatic carboxylic acids is 1. The van der Waals surface area contributed by atoms with E-state index in [0.717, 1.165) is 0 Å². The fourth-order valence-corrected chi connectivity index (χ4v) is 1.43. The predicted octanol–water partition coefficient (Wildman–Crippen LogP) is -2.54. The van der Waals surface area contributed by atoms with Crippen molar-refractivity contribution in [2.45, 2.75) is 31.0 Å². The Labute approximate surface area is 99.1 Å². The Morgan fingerprint density at radius 3 is 2.47 bits per heavy atom. The smallest absolute Gasteiger partial charge is 0.317 e. The zero-order chi connectivity index (χ0) is 13.4. The van der Waals surface area contributed by atoms with E-state index < -0.39 is 30.5 Å². The topological polar surface area (TPSA) is 148 Å². The Kier molecular flexibility index (Phi) is 7.96. The van der Waals surface area contributed by atoms with Crippen LogP contribution in [0.2, 0.25) is 0 Å². The molecule has 1 saturated heterocycles. The molecule has 0 amide bonds. The highest BCUT2D eigenvalue weighted by Crippen LogP contribution is 2.19. The maximum Gasteiger partial charge on any atom is 0.317 e. The second-order valence-corrected chi connectivity index (χ2v) is 3.50. The first kappa shape index (κ1) is 16.2. The van der Waals surface area contributed by atoms with E-state index >= 15 is 0 Å². The van der Waals surface area contributed by atoms with Crippen molar-refractivity contribution in [1.29, 1.82) is 0 Å². The lowest BCUT2D eigenvalue weighted by Gasteiger charge is -2.36. The largest absolute Gasteiger partial charge is 0.480 e. The summed E-state index contributed by atoms with van der Waals surface area (Å²) in [6.45, 7) is -0.469. The molecule has 1 aliphatic rings. The molecule has 0 aliphatic carbocycles. The molecule has 8 nitrogen and oxygen atoms in total. The van der Waals surface area contributed by atoms with Crippen molar-refractivity contribution in [3.63, 3.8) is 0 Å². The Bertz CT molecular complexity index is 228. The van der Waals surface area contributed by atoms with Gasteiger partial charge in [0.1, 0.15) is 18.4 Å². The maximum atomic E-state index is 9.44. The SMILES string of the molecule is COC1C(O)CC(N)OC1CO.NCC(=O)O. The van der Waals surface area contributed by atoms with Crippen molar-refractivity contribution in [2.24, 2.45) is 11.5 Å². The number of carboxylic acid groups (broad SMARTS) is 1. The van der Waals surface area contributed by atoms with E-state index in [1.807, 2.05) is 0 Å². The van der Waals surface area contributed by atoms with Crippen LogP contribution >= 0.6 is 0 Å². The van der Waals surface area contributed by atoms with Crippen LogP contribution in [0.25, 0.3) is 0 Å². The zero-order valence-corrected chi connectivity index (χ0v) is 9.65. The van der Waals surface area contributed by atoms with Crippen molar-refractivity contribution in [3.05, 3.63) is 0 Å². The third kappa shape index (κ3) is 5.91. The highest BCUT2D eigenvalue weighted by atomic mass is 16.6. The molecule has 8 heteroatoms. The van der Waals surface area contributed by atoms with Crippen molar-refractivity contribution in [1.82, 2.24) is 0 Å². The zero-order valence-electron chi connectivity index (χ0n) is 9.65. The van der Waals surface area contributed by atoms with Crippen LogP contribution in [0.5, 0.6) is 0 Å². The minimum absolute atomic E-state index is 0.191. The summed E-state index contributed by atoms with van der Waals surface area (Å²) in [7, 11) is 1.47. The first-order valence-electron chi connectivity index (χ1n) is 5.10. The molecule has 0 aromatic carbocycles. The molecule has 0 aromatic rings. The van der Waals surface area contributed by atoms with Crippen LogP contribution in [0.15, 0.2) is 0 Å². The summed E-state index contributed by atoms with van der Waals surface area (Å²) < 4.78 is 10.1. The average molecular weight is 252 g/mol. The molecule has 102 valence electrons. The van der Waals surface area contributed by atoms with Crippen LogP contribution < -0.4 is 11.5 Å². The third-order valence-corrected chi connectivity index (χ3v) is 2.20. The van der Waals surface area contributed by atoms with Gasteiger partial charge in [0.25, 0.3) is 0 Å². The number of carboxylic acids is 1.